The maximum Gasteiger partial charge on any atom is 0.417 e. The van der Waals surface area contributed by atoms with Gasteiger partial charge in [-0.15, -0.1) is 0 Å². The molecule has 0 saturated carbocycles. The summed E-state index contributed by atoms with van der Waals surface area (Å²) in [5, 5.41) is 6.57. The fourth-order valence-corrected chi connectivity index (χ4v) is 2.66. The van der Waals surface area contributed by atoms with Crippen LogP contribution in [0.2, 0.25) is 0 Å². The van der Waals surface area contributed by atoms with Crippen molar-refractivity contribution in [3.8, 4) is 17.0 Å². The van der Waals surface area contributed by atoms with E-state index in [0.717, 1.165) is 16.9 Å². The fraction of sp³-hybridized carbons (Fsp3) is 0.200. The Balaban J connectivity index is 1.86. The van der Waals surface area contributed by atoms with Crippen molar-refractivity contribution in [1.82, 2.24) is 14.8 Å². The highest BCUT2D eigenvalue weighted by Crippen LogP contribution is 2.30. The van der Waals surface area contributed by atoms with Gasteiger partial charge in [0.2, 0.25) is 5.91 Å². The van der Waals surface area contributed by atoms with Crippen LogP contribution in [0.15, 0.2) is 59.7 Å². The van der Waals surface area contributed by atoms with Crippen LogP contribution in [0.5, 0.6) is 5.75 Å². The lowest BCUT2D eigenvalue weighted by Crippen LogP contribution is -2.33. The van der Waals surface area contributed by atoms with Gasteiger partial charge in [-0.3, -0.25) is 14.6 Å². The number of carbonyl (C=O) groups excluding carboxylic acids is 1. The lowest BCUT2D eigenvalue weighted by molar-refractivity contribution is -0.137. The van der Waals surface area contributed by atoms with E-state index in [2.05, 4.69) is 15.4 Å². The van der Waals surface area contributed by atoms with Gasteiger partial charge >= 0.3 is 6.18 Å². The molecule has 0 aliphatic carbocycles. The number of aromatic nitrogens is 3. The lowest BCUT2D eigenvalue weighted by atomic mass is 10.1. The third-order valence-electron chi connectivity index (χ3n) is 4.27. The molecule has 0 saturated heterocycles. The van der Waals surface area contributed by atoms with Gasteiger partial charge in [0, 0.05) is 17.8 Å². The van der Waals surface area contributed by atoms with E-state index < -0.39 is 29.2 Å². The third-order valence-corrected chi connectivity index (χ3v) is 4.27. The molecule has 10 heteroatoms. The van der Waals surface area contributed by atoms with Gasteiger partial charge in [0.05, 0.1) is 30.3 Å². The molecule has 0 radical (unpaired) electrons. The van der Waals surface area contributed by atoms with Crippen LogP contribution in [-0.2, 0) is 11.0 Å². The zero-order chi connectivity index (χ0) is 21.9. The molecule has 1 atom stereocenters. The molecule has 3 aromatic rings. The number of methoxy groups -OCH3 is 1. The predicted octanol–water partition coefficient (Wildman–Crippen LogP) is 3.53. The standard InChI is InChI=1S/C20H17F3N4O3/c1-12(19(29)25-15-9-14(10-24-11-15)20(21,22)23)27-18(28)7-6-17(26-27)13-4-3-5-16(8-13)30-2/h3-12H,1-2H3,(H,25,29). The zero-order valence-electron chi connectivity index (χ0n) is 16.0. The lowest BCUT2D eigenvalue weighted by Gasteiger charge is -2.15. The predicted molar refractivity (Wildman–Crippen MR) is 103 cm³/mol. The molecule has 0 aliphatic rings. The van der Waals surface area contributed by atoms with Gasteiger partial charge in [-0.2, -0.15) is 18.3 Å². The number of anilines is 1. The van der Waals surface area contributed by atoms with Gasteiger partial charge in [0.25, 0.3) is 5.56 Å². The maximum atomic E-state index is 12.8. The van der Waals surface area contributed by atoms with Crippen molar-refractivity contribution < 1.29 is 22.7 Å². The summed E-state index contributed by atoms with van der Waals surface area (Å²) in [6, 6.07) is 9.43. The summed E-state index contributed by atoms with van der Waals surface area (Å²) in [7, 11) is 1.52. The van der Waals surface area contributed by atoms with Crippen LogP contribution in [0.1, 0.15) is 18.5 Å². The first-order valence-electron chi connectivity index (χ1n) is 8.76. The molecule has 3 rings (SSSR count). The largest absolute Gasteiger partial charge is 0.497 e. The summed E-state index contributed by atoms with van der Waals surface area (Å²) in [5.74, 6) is -0.122. The Labute approximate surface area is 169 Å². The summed E-state index contributed by atoms with van der Waals surface area (Å²) < 4.78 is 44.6. The minimum atomic E-state index is -4.59. The summed E-state index contributed by atoms with van der Waals surface area (Å²) in [4.78, 5) is 28.3. The number of amides is 1. The molecule has 1 aromatic carbocycles. The van der Waals surface area contributed by atoms with Crippen LogP contribution in [-0.4, -0.2) is 27.8 Å². The summed E-state index contributed by atoms with van der Waals surface area (Å²) in [5.41, 5.74) is -0.583. The average molecular weight is 418 g/mol. The van der Waals surface area contributed by atoms with Crippen molar-refractivity contribution in [2.24, 2.45) is 0 Å². The topological polar surface area (TPSA) is 86.1 Å². The monoisotopic (exact) mass is 418 g/mol. The molecular weight excluding hydrogens is 401 g/mol. The summed E-state index contributed by atoms with van der Waals surface area (Å²) >= 11 is 0. The van der Waals surface area contributed by atoms with E-state index in [0.29, 0.717) is 23.2 Å². The van der Waals surface area contributed by atoms with Crippen molar-refractivity contribution in [3.63, 3.8) is 0 Å². The number of hydrogen-bond acceptors (Lipinski definition) is 5. The van der Waals surface area contributed by atoms with E-state index >= 15 is 0 Å². The molecule has 1 N–H and O–H groups in total. The zero-order valence-corrected chi connectivity index (χ0v) is 16.0. The molecular formula is C20H17F3N4O3. The van der Waals surface area contributed by atoms with Gasteiger partial charge in [-0.1, -0.05) is 12.1 Å². The minimum absolute atomic E-state index is 0.140. The molecule has 7 nitrogen and oxygen atoms in total. The SMILES string of the molecule is COc1cccc(-c2ccc(=O)n(C(C)C(=O)Nc3cncc(C(F)(F)F)c3)n2)c1. The second-order valence-electron chi connectivity index (χ2n) is 6.36. The van der Waals surface area contributed by atoms with E-state index in [1.807, 2.05) is 0 Å². The number of rotatable bonds is 5. The van der Waals surface area contributed by atoms with Gasteiger partial charge in [0.1, 0.15) is 11.8 Å². The van der Waals surface area contributed by atoms with Crippen molar-refractivity contribution in [2.45, 2.75) is 19.1 Å². The first-order chi connectivity index (χ1) is 14.2. The van der Waals surface area contributed by atoms with Gasteiger partial charge in [-0.25, -0.2) is 4.68 Å². The molecule has 0 spiro atoms. The first kappa shape index (κ1) is 21.0. The van der Waals surface area contributed by atoms with Crippen molar-refractivity contribution in [2.75, 3.05) is 12.4 Å². The molecule has 30 heavy (non-hydrogen) atoms. The normalized spacial score (nSPS) is 12.3. The number of hydrogen-bond donors (Lipinski definition) is 1. The van der Waals surface area contributed by atoms with Crippen LogP contribution in [0, 0.1) is 0 Å². The molecule has 0 bridgehead atoms. The second-order valence-corrected chi connectivity index (χ2v) is 6.36. The number of benzene rings is 1. The molecule has 2 aromatic heterocycles. The number of pyridine rings is 1. The molecule has 0 fully saturated rings. The average Bonchev–Trinajstić information content (AvgIpc) is 2.73. The van der Waals surface area contributed by atoms with Crippen molar-refractivity contribution in [3.05, 3.63) is 70.8 Å². The Bertz CT molecular complexity index is 1130. The van der Waals surface area contributed by atoms with Crippen molar-refractivity contribution >= 4 is 11.6 Å². The van der Waals surface area contributed by atoms with E-state index in [-0.39, 0.29) is 5.69 Å². The highest BCUT2D eigenvalue weighted by atomic mass is 19.4. The summed E-state index contributed by atoms with van der Waals surface area (Å²) in [6.45, 7) is 1.42. The first-order valence-corrected chi connectivity index (χ1v) is 8.76. The van der Waals surface area contributed by atoms with Gasteiger partial charge in [-0.05, 0) is 31.2 Å². The Hall–Kier alpha value is -3.69. The Morgan fingerprint density at radius 3 is 2.63 bits per heavy atom. The summed E-state index contributed by atoms with van der Waals surface area (Å²) in [6.07, 6.45) is -2.85. The second kappa shape index (κ2) is 8.36. The number of ether oxygens (including phenoxy) is 1. The number of carbonyl (C=O) groups is 1. The van der Waals surface area contributed by atoms with E-state index in [9.17, 15) is 22.8 Å². The van der Waals surface area contributed by atoms with Gasteiger partial charge < -0.3 is 10.1 Å². The Morgan fingerprint density at radius 1 is 1.17 bits per heavy atom. The minimum Gasteiger partial charge on any atom is -0.497 e. The molecule has 1 amide bonds. The molecule has 1 unspecified atom stereocenters. The number of nitrogens with one attached hydrogen (secondary N) is 1. The Morgan fingerprint density at radius 2 is 1.93 bits per heavy atom. The van der Waals surface area contributed by atoms with Crippen LogP contribution >= 0.6 is 0 Å². The fourth-order valence-electron chi connectivity index (χ4n) is 2.66. The highest BCUT2D eigenvalue weighted by molar-refractivity contribution is 5.93. The van der Waals surface area contributed by atoms with E-state index in [1.165, 1.54) is 26.2 Å². The van der Waals surface area contributed by atoms with E-state index in [1.54, 1.807) is 24.3 Å². The molecule has 156 valence electrons. The maximum absolute atomic E-state index is 12.8. The quantitative estimate of drug-likeness (QED) is 0.685. The van der Waals surface area contributed by atoms with Crippen LogP contribution in [0.3, 0.4) is 0 Å². The molecule has 0 aliphatic heterocycles. The van der Waals surface area contributed by atoms with Crippen LogP contribution in [0.4, 0.5) is 18.9 Å². The van der Waals surface area contributed by atoms with E-state index in [4.69, 9.17) is 4.74 Å². The third kappa shape index (κ3) is 4.65. The number of alkyl halides is 3. The molecule has 2 heterocycles. The number of halogens is 3. The highest BCUT2D eigenvalue weighted by Gasteiger charge is 2.31. The van der Waals surface area contributed by atoms with Crippen molar-refractivity contribution in [1.29, 1.82) is 0 Å². The number of nitrogens with zero attached hydrogens (tertiary/aromatic N) is 3. The smallest absolute Gasteiger partial charge is 0.417 e. The van der Waals surface area contributed by atoms with Crippen LogP contribution < -0.4 is 15.6 Å². The van der Waals surface area contributed by atoms with Crippen LogP contribution in [0.25, 0.3) is 11.3 Å². The Kier molecular flexibility index (Phi) is 5.86. The van der Waals surface area contributed by atoms with Gasteiger partial charge in [0.15, 0.2) is 0 Å².